The Kier molecular flexibility index (Phi) is 8.39. The Balaban J connectivity index is 1.50. The number of para-hydroxylation sites is 2. The average Bonchev–Trinajstić information content (AvgIpc) is 2.88. The van der Waals surface area contributed by atoms with E-state index in [1.54, 1.807) is 6.07 Å². The summed E-state index contributed by atoms with van der Waals surface area (Å²) >= 11 is 0. The quantitative estimate of drug-likeness (QED) is 0.413. The lowest BCUT2D eigenvalue weighted by molar-refractivity contribution is -0.123. The number of ether oxygens (including phenoxy) is 1. The normalized spacial score (nSPS) is 16.9. The third-order valence-corrected chi connectivity index (χ3v) is 6.65. The lowest BCUT2D eigenvalue weighted by Gasteiger charge is -2.29. The molecule has 1 aromatic heterocycles. The largest absolute Gasteiger partial charge is 0.391 e. The zero-order chi connectivity index (χ0) is 24.6. The van der Waals surface area contributed by atoms with Gasteiger partial charge in [0.2, 0.25) is 5.91 Å². The van der Waals surface area contributed by atoms with E-state index in [1.165, 1.54) is 6.20 Å². The predicted octanol–water partition coefficient (Wildman–Crippen LogP) is 2.64. The molecule has 184 valence electrons. The van der Waals surface area contributed by atoms with Crippen molar-refractivity contribution in [2.45, 2.75) is 44.2 Å². The zero-order valence-corrected chi connectivity index (χ0v) is 19.7. The van der Waals surface area contributed by atoms with Gasteiger partial charge in [0.15, 0.2) is 0 Å². The van der Waals surface area contributed by atoms with Crippen LogP contribution in [0.5, 0.6) is 0 Å². The predicted molar refractivity (Wildman–Crippen MR) is 132 cm³/mol. The number of nitrogens with two attached hydrogens (primary N) is 1. The van der Waals surface area contributed by atoms with Crippen molar-refractivity contribution in [3.8, 4) is 0 Å². The van der Waals surface area contributed by atoms with Crippen LogP contribution in [-0.4, -0.2) is 52.2 Å². The minimum Gasteiger partial charge on any atom is -0.391 e. The molecule has 4 N–H and O–H groups in total. The van der Waals surface area contributed by atoms with Gasteiger partial charge in [-0.15, -0.1) is 0 Å². The standard InChI is InChI=1S/C27H32N4O4/c28-26(33)20(14-19-10-12-35-13-11-19)16-25(32)23(15-18-6-2-1-3-7-18)31-27(34)24-17-29-21-8-4-5-9-22(21)30-24/h1-9,17,19-20,23,25,32H,10-16H2,(H2,28,33)(H,31,34)/t20-,23+,25+/m1/s1. The summed E-state index contributed by atoms with van der Waals surface area (Å²) in [7, 11) is 0. The second-order valence-corrected chi connectivity index (χ2v) is 9.21. The monoisotopic (exact) mass is 476 g/mol. The highest BCUT2D eigenvalue weighted by molar-refractivity contribution is 5.94. The fourth-order valence-electron chi connectivity index (χ4n) is 4.63. The average molecular weight is 477 g/mol. The van der Waals surface area contributed by atoms with Crippen LogP contribution in [0, 0.1) is 11.8 Å². The van der Waals surface area contributed by atoms with E-state index >= 15 is 0 Å². The lowest BCUT2D eigenvalue weighted by Crippen LogP contribution is -2.46. The van der Waals surface area contributed by atoms with Crippen molar-refractivity contribution in [2.24, 2.45) is 17.6 Å². The number of aromatic nitrogens is 2. The topological polar surface area (TPSA) is 127 Å². The van der Waals surface area contributed by atoms with Crippen LogP contribution in [0.15, 0.2) is 60.8 Å². The summed E-state index contributed by atoms with van der Waals surface area (Å²) in [5.41, 5.74) is 8.15. The summed E-state index contributed by atoms with van der Waals surface area (Å²) in [5, 5.41) is 14.1. The molecule has 1 aliphatic heterocycles. The molecule has 4 rings (SSSR count). The Bertz CT molecular complexity index is 1130. The number of rotatable bonds is 10. The van der Waals surface area contributed by atoms with Crippen LogP contribution in [-0.2, 0) is 16.0 Å². The fraction of sp³-hybridized carbons (Fsp3) is 0.407. The zero-order valence-electron chi connectivity index (χ0n) is 19.7. The first-order valence-corrected chi connectivity index (χ1v) is 12.1. The van der Waals surface area contributed by atoms with Crippen molar-refractivity contribution in [2.75, 3.05) is 13.2 Å². The number of hydrogen-bond donors (Lipinski definition) is 3. The van der Waals surface area contributed by atoms with E-state index in [0.717, 1.165) is 18.4 Å². The van der Waals surface area contributed by atoms with Gasteiger partial charge in [0.25, 0.3) is 5.91 Å². The number of nitrogens with one attached hydrogen (secondary N) is 1. The van der Waals surface area contributed by atoms with Crippen LogP contribution in [0.2, 0.25) is 0 Å². The molecular formula is C27H32N4O4. The van der Waals surface area contributed by atoms with Crippen molar-refractivity contribution in [3.63, 3.8) is 0 Å². The SMILES string of the molecule is NC(=O)[C@H](CC1CCOCC1)C[C@H](O)[C@H](Cc1ccccc1)NC(=O)c1cnc2ccccc2n1. The first-order valence-electron chi connectivity index (χ1n) is 12.1. The van der Waals surface area contributed by atoms with Gasteiger partial charge < -0.3 is 20.9 Å². The highest BCUT2D eigenvalue weighted by Gasteiger charge is 2.30. The summed E-state index contributed by atoms with van der Waals surface area (Å²) < 4.78 is 5.42. The van der Waals surface area contributed by atoms with Crippen molar-refractivity contribution < 1.29 is 19.4 Å². The van der Waals surface area contributed by atoms with E-state index in [9.17, 15) is 14.7 Å². The first-order chi connectivity index (χ1) is 17.0. The summed E-state index contributed by atoms with van der Waals surface area (Å²) in [6.07, 6.45) is 3.41. The molecule has 2 amide bonds. The second kappa shape index (κ2) is 11.9. The molecule has 2 heterocycles. The molecule has 0 bridgehead atoms. The lowest BCUT2D eigenvalue weighted by atomic mass is 9.84. The van der Waals surface area contributed by atoms with Crippen LogP contribution in [0.3, 0.4) is 0 Å². The Morgan fingerprint density at radius 1 is 1.06 bits per heavy atom. The third-order valence-electron chi connectivity index (χ3n) is 6.65. The molecule has 1 saturated heterocycles. The summed E-state index contributed by atoms with van der Waals surface area (Å²) in [5.74, 6) is -1.00. The number of nitrogens with zero attached hydrogens (tertiary/aromatic N) is 2. The molecule has 0 radical (unpaired) electrons. The minimum absolute atomic E-state index is 0.169. The van der Waals surface area contributed by atoms with Crippen LogP contribution in [0.4, 0.5) is 0 Å². The Morgan fingerprint density at radius 3 is 2.46 bits per heavy atom. The van der Waals surface area contributed by atoms with Gasteiger partial charge in [-0.1, -0.05) is 42.5 Å². The Morgan fingerprint density at radius 2 is 1.74 bits per heavy atom. The number of aliphatic hydroxyl groups excluding tert-OH is 1. The maximum Gasteiger partial charge on any atom is 0.271 e. The van der Waals surface area contributed by atoms with Gasteiger partial charge >= 0.3 is 0 Å². The molecule has 8 nitrogen and oxygen atoms in total. The molecule has 0 aliphatic carbocycles. The summed E-state index contributed by atoms with van der Waals surface area (Å²) in [4.78, 5) is 34.1. The highest BCUT2D eigenvalue weighted by Crippen LogP contribution is 2.26. The molecule has 0 spiro atoms. The van der Waals surface area contributed by atoms with E-state index in [0.29, 0.717) is 43.0 Å². The van der Waals surface area contributed by atoms with E-state index in [1.807, 2.05) is 48.5 Å². The maximum absolute atomic E-state index is 13.1. The number of carbonyl (C=O) groups excluding carboxylic acids is 2. The Hall–Kier alpha value is -3.36. The molecular weight excluding hydrogens is 444 g/mol. The smallest absolute Gasteiger partial charge is 0.271 e. The maximum atomic E-state index is 13.1. The van der Waals surface area contributed by atoms with Crippen molar-refractivity contribution in [1.82, 2.24) is 15.3 Å². The molecule has 3 aromatic rings. The molecule has 35 heavy (non-hydrogen) atoms. The molecule has 8 heteroatoms. The van der Waals surface area contributed by atoms with E-state index in [-0.39, 0.29) is 12.1 Å². The van der Waals surface area contributed by atoms with Gasteiger partial charge in [0.05, 0.1) is 29.4 Å². The van der Waals surface area contributed by atoms with Gasteiger partial charge in [0.1, 0.15) is 5.69 Å². The van der Waals surface area contributed by atoms with Crippen LogP contribution in [0.1, 0.15) is 41.7 Å². The van der Waals surface area contributed by atoms with Gasteiger partial charge in [-0.25, -0.2) is 4.98 Å². The van der Waals surface area contributed by atoms with E-state index in [4.69, 9.17) is 10.5 Å². The van der Waals surface area contributed by atoms with Crippen LogP contribution in [0.25, 0.3) is 11.0 Å². The van der Waals surface area contributed by atoms with Gasteiger partial charge in [0, 0.05) is 19.1 Å². The van der Waals surface area contributed by atoms with Crippen LogP contribution >= 0.6 is 0 Å². The van der Waals surface area contributed by atoms with Gasteiger partial charge in [-0.2, -0.15) is 0 Å². The van der Waals surface area contributed by atoms with Crippen LogP contribution < -0.4 is 11.1 Å². The molecule has 1 fully saturated rings. The highest BCUT2D eigenvalue weighted by atomic mass is 16.5. The number of benzene rings is 2. The molecule has 3 atom stereocenters. The van der Waals surface area contributed by atoms with E-state index in [2.05, 4.69) is 15.3 Å². The number of hydrogen-bond acceptors (Lipinski definition) is 6. The van der Waals surface area contributed by atoms with Crippen molar-refractivity contribution in [1.29, 1.82) is 0 Å². The summed E-state index contributed by atoms with van der Waals surface area (Å²) in [6, 6.07) is 16.3. The van der Waals surface area contributed by atoms with Crippen molar-refractivity contribution >= 4 is 22.8 Å². The minimum atomic E-state index is -0.968. The number of amides is 2. The number of primary amides is 1. The Labute approximate surface area is 204 Å². The molecule has 2 aromatic carbocycles. The number of fused-ring (bicyclic) bond motifs is 1. The number of carbonyl (C=O) groups is 2. The van der Waals surface area contributed by atoms with Gasteiger partial charge in [-0.05, 0) is 55.7 Å². The number of aliphatic hydroxyl groups is 1. The molecule has 0 saturated carbocycles. The van der Waals surface area contributed by atoms with Crippen molar-refractivity contribution in [3.05, 3.63) is 72.1 Å². The second-order valence-electron chi connectivity index (χ2n) is 9.21. The summed E-state index contributed by atoms with van der Waals surface area (Å²) in [6.45, 7) is 1.36. The first kappa shape index (κ1) is 24.8. The molecule has 1 aliphatic rings. The molecule has 0 unspecified atom stereocenters. The van der Waals surface area contributed by atoms with E-state index < -0.39 is 29.9 Å². The fourth-order valence-corrected chi connectivity index (χ4v) is 4.63. The third kappa shape index (κ3) is 6.83. The van der Waals surface area contributed by atoms with Gasteiger partial charge in [-0.3, -0.25) is 14.6 Å².